The molecule has 132 valence electrons. The molecule has 0 aliphatic carbocycles. The minimum absolute atomic E-state index is 0.0420. The third kappa shape index (κ3) is 4.33. The zero-order chi connectivity index (χ0) is 18.4. The molecule has 0 saturated heterocycles. The van der Waals surface area contributed by atoms with Crippen LogP contribution in [0.1, 0.15) is 21.3 Å². The van der Waals surface area contributed by atoms with Crippen LogP contribution in [0.2, 0.25) is 0 Å². The van der Waals surface area contributed by atoms with E-state index in [0.717, 1.165) is 11.3 Å². The number of aromatic nitrogens is 1. The van der Waals surface area contributed by atoms with E-state index in [9.17, 15) is 4.79 Å². The van der Waals surface area contributed by atoms with E-state index in [2.05, 4.69) is 4.99 Å². The summed E-state index contributed by atoms with van der Waals surface area (Å²) in [6, 6.07) is 16.4. The van der Waals surface area contributed by atoms with Gasteiger partial charge >= 0.3 is 0 Å². The van der Waals surface area contributed by atoms with Crippen molar-refractivity contribution in [2.75, 3.05) is 7.11 Å². The van der Waals surface area contributed by atoms with E-state index in [1.807, 2.05) is 76.9 Å². The summed E-state index contributed by atoms with van der Waals surface area (Å²) >= 11 is 6.94. The molecule has 0 radical (unpaired) electrons. The molecule has 0 amide bonds. The largest absolute Gasteiger partial charge is 0.758 e. The fourth-order valence-corrected chi connectivity index (χ4v) is 3.48. The molecule has 2 heterocycles. The van der Waals surface area contributed by atoms with E-state index in [-0.39, 0.29) is 5.78 Å². The molecule has 0 aliphatic heterocycles. The molecule has 0 spiro atoms. The molecule has 1 unspecified atom stereocenters. The van der Waals surface area contributed by atoms with Gasteiger partial charge in [-0.25, -0.2) is 0 Å². The zero-order valence-electron chi connectivity index (χ0n) is 14.2. The number of ether oxygens (including phenoxy) is 1. The average molecular weight is 383 g/mol. The topological polar surface area (TPSA) is 42.5 Å². The van der Waals surface area contributed by atoms with Gasteiger partial charge in [0.1, 0.15) is 5.75 Å². The standard InChI is InChI=1S/C20H18N2O2S2/c1-24-16-9-7-15(8-10-16)14-21-20(25)18(22-11-3-2-4-12-22)19(23)17-6-5-13-26-17/h2-13,18H,14H2,1H3. The molecule has 2 aromatic heterocycles. The summed E-state index contributed by atoms with van der Waals surface area (Å²) in [5, 5.41) is 2.26. The van der Waals surface area contributed by atoms with E-state index < -0.39 is 6.04 Å². The van der Waals surface area contributed by atoms with Crippen LogP contribution >= 0.6 is 11.3 Å². The van der Waals surface area contributed by atoms with Crippen molar-refractivity contribution < 1.29 is 14.1 Å². The van der Waals surface area contributed by atoms with Crippen LogP contribution in [0.15, 0.2) is 77.4 Å². The van der Waals surface area contributed by atoms with Gasteiger partial charge in [-0.1, -0.05) is 24.3 Å². The predicted octanol–water partition coefficient (Wildman–Crippen LogP) is 3.61. The van der Waals surface area contributed by atoms with Crippen molar-refractivity contribution in [2.24, 2.45) is 4.99 Å². The number of benzene rings is 1. The highest BCUT2D eigenvalue weighted by molar-refractivity contribution is 7.77. The Hall–Kier alpha value is -2.57. The molecule has 3 aromatic rings. The molecule has 6 heteroatoms. The number of pyridine rings is 1. The number of carbonyl (C=O) groups is 1. The van der Waals surface area contributed by atoms with Crippen LogP contribution in [-0.4, -0.2) is 17.9 Å². The van der Waals surface area contributed by atoms with E-state index in [1.165, 1.54) is 11.3 Å². The van der Waals surface area contributed by atoms with Gasteiger partial charge in [-0.15, -0.1) is 11.3 Å². The molecule has 26 heavy (non-hydrogen) atoms. The lowest BCUT2D eigenvalue weighted by Gasteiger charge is -2.18. The van der Waals surface area contributed by atoms with E-state index in [1.54, 1.807) is 7.11 Å². The lowest BCUT2D eigenvalue weighted by molar-refractivity contribution is -0.691. The van der Waals surface area contributed by atoms with Crippen molar-refractivity contribution in [1.82, 2.24) is 0 Å². The van der Waals surface area contributed by atoms with Gasteiger partial charge in [-0.2, -0.15) is 4.57 Å². The summed E-state index contributed by atoms with van der Waals surface area (Å²) in [4.78, 5) is 18.2. The number of hydrogen-bond acceptors (Lipinski definition) is 5. The third-order valence-corrected chi connectivity index (χ3v) is 5.10. The van der Waals surface area contributed by atoms with Crippen molar-refractivity contribution in [3.05, 3.63) is 82.8 Å². The second kappa shape index (κ2) is 8.69. The van der Waals surface area contributed by atoms with Crippen molar-refractivity contribution in [3.8, 4) is 5.75 Å². The van der Waals surface area contributed by atoms with E-state index >= 15 is 0 Å². The fourth-order valence-electron chi connectivity index (χ4n) is 2.50. The van der Waals surface area contributed by atoms with E-state index in [4.69, 9.17) is 17.4 Å². The number of ketones is 1. The molecule has 0 saturated carbocycles. The molecular weight excluding hydrogens is 364 g/mol. The van der Waals surface area contributed by atoms with Crippen molar-refractivity contribution in [2.45, 2.75) is 12.6 Å². The van der Waals surface area contributed by atoms with Gasteiger partial charge in [0.05, 0.1) is 18.5 Å². The Balaban J connectivity index is 1.86. The van der Waals surface area contributed by atoms with Crippen LogP contribution in [0.25, 0.3) is 0 Å². The monoisotopic (exact) mass is 382 g/mol. The van der Waals surface area contributed by atoms with Crippen molar-refractivity contribution >= 4 is 34.8 Å². The number of carbonyl (C=O) groups excluding carboxylic acids is 1. The number of thiophene rings is 1. The number of aliphatic imine (C=N–C) groups is 1. The van der Waals surface area contributed by atoms with Crippen LogP contribution in [0.5, 0.6) is 5.75 Å². The fraction of sp³-hybridized carbons (Fsp3) is 0.150. The van der Waals surface area contributed by atoms with Crippen molar-refractivity contribution in [1.29, 1.82) is 0 Å². The Labute approximate surface area is 162 Å². The molecular formula is C20H18N2O2S2. The molecule has 1 atom stereocenters. The number of nitrogens with zero attached hydrogens (tertiary/aromatic N) is 2. The third-order valence-electron chi connectivity index (χ3n) is 3.86. The quantitative estimate of drug-likeness (QED) is 0.206. The molecule has 0 N–H and O–H groups in total. The van der Waals surface area contributed by atoms with Crippen LogP contribution in [0.4, 0.5) is 0 Å². The van der Waals surface area contributed by atoms with Crippen LogP contribution in [-0.2, 0) is 19.2 Å². The minimum Gasteiger partial charge on any atom is -0.758 e. The summed E-state index contributed by atoms with van der Waals surface area (Å²) in [6.07, 6.45) is 3.68. The second-order valence-electron chi connectivity index (χ2n) is 5.57. The lowest BCUT2D eigenvalue weighted by Crippen LogP contribution is -2.47. The molecule has 4 nitrogen and oxygen atoms in total. The molecule has 0 bridgehead atoms. The Morgan fingerprint density at radius 2 is 1.88 bits per heavy atom. The second-order valence-corrected chi connectivity index (χ2v) is 6.94. The van der Waals surface area contributed by atoms with Gasteiger partial charge in [-0.3, -0.25) is 4.79 Å². The van der Waals surface area contributed by atoms with E-state index in [0.29, 0.717) is 16.5 Å². The Morgan fingerprint density at radius 1 is 1.15 bits per heavy atom. The first-order chi connectivity index (χ1) is 12.7. The first-order valence-electron chi connectivity index (χ1n) is 8.07. The van der Waals surface area contributed by atoms with Gasteiger partial charge in [0.15, 0.2) is 12.4 Å². The van der Waals surface area contributed by atoms with Crippen molar-refractivity contribution in [3.63, 3.8) is 0 Å². The summed E-state index contributed by atoms with van der Waals surface area (Å²) in [6.45, 7) is 0.421. The number of methoxy groups -OCH3 is 1. The van der Waals surface area contributed by atoms with Gasteiger partial charge in [0.2, 0.25) is 11.8 Å². The first kappa shape index (κ1) is 18.2. The maximum atomic E-state index is 13.0. The Kier molecular flexibility index (Phi) is 6.09. The maximum absolute atomic E-state index is 13.0. The average Bonchev–Trinajstić information content (AvgIpc) is 3.22. The molecule has 0 fully saturated rings. The zero-order valence-corrected chi connectivity index (χ0v) is 15.9. The number of rotatable bonds is 7. The highest BCUT2D eigenvalue weighted by Gasteiger charge is 2.28. The highest BCUT2D eigenvalue weighted by atomic mass is 32.1. The summed E-state index contributed by atoms with van der Waals surface area (Å²) in [5.41, 5.74) is 1.01. The van der Waals surface area contributed by atoms with Gasteiger partial charge in [-0.05, 0) is 34.2 Å². The Morgan fingerprint density at radius 3 is 2.50 bits per heavy atom. The molecule has 0 aliphatic rings. The molecule has 3 rings (SSSR count). The smallest absolute Gasteiger partial charge is 0.244 e. The van der Waals surface area contributed by atoms with Gasteiger partial charge in [0, 0.05) is 12.1 Å². The summed E-state index contributed by atoms with van der Waals surface area (Å²) in [5.74, 6) is 0.751. The van der Waals surface area contributed by atoms with Crippen LogP contribution in [0, 0.1) is 0 Å². The molecule has 1 aromatic carbocycles. The summed E-state index contributed by atoms with van der Waals surface area (Å²) < 4.78 is 6.97. The van der Waals surface area contributed by atoms with Crippen LogP contribution in [0.3, 0.4) is 0 Å². The number of hydrogen-bond donors (Lipinski definition) is 0. The van der Waals surface area contributed by atoms with Gasteiger partial charge in [0.25, 0.3) is 0 Å². The SMILES string of the molecule is COc1ccc(CN=C([S-])C(C(=O)c2cccs2)[n+]2ccccc2)cc1. The van der Waals surface area contributed by atoms with Crippen LogP contribution < -0.4 is 9.30 Å². The van der Waals surface area contributed by atoms with Gasteiger partial charge < -0.3 is 22.4 Å². The summed E-state index contributed by atoms with van der Waals surface area (Å²) in [7, 11) is 1.63. The number of Topliss-reactive ketones (excluding diaryl/α,β-unsaturated/α-hetero) is 1. The first-order valence-corrected chi connectivity index (χ1v) is 9.35. The minimum atomic E-state index is -0.622. The Bertz CT molecular complexity index is 876. The maximum Gasteiger partial charge on any atom is 0.244 e. The lowest BCUT2D eigenvalue weighted by atomic mass is 10.1. The normalized spacial score (nSPS) is 12.6. The predicted molar refractivity (Wildman–Crippen MR) is 106 cm³/mol. The highest BCUT2D eigenvalue weighted by Crippen LogP contribution is 2.17.